The smallest absolute Gasteiger partial charge is 0.0513 e. The molecule has 0 saturated carbocycles. The monoisotopic (exact) mass is 265 g/mol. The summed E-state index contributed by atoms with van der Waals surface area (Å²) in [5.74, 6) is 0. The van der Waals surface area contributed by atoms with Gasteiger partial charge in [0.05, 0.1) is 5.52 Å². The number of hydrogen-bond acceptors (Lipinski definition) is 2. The molecule has 20 heavy (non-hydrogen) atoms. The summed E-state index contributed by atoms with van der Waals surface area (Å²) in [4.78, 5) is 4.38. The number of rotatable bonds is 5. The van der Waals surface area contributed by atoms with Gasteiger partial charge in [0, 0.05) is 31.1 Å². The molecule has 102 valence electrons. The maximum atomic E-state index is 5.72. The van der Waals surface area contributed by atoms with E-state index in [0.717, 1.165) is 25.1 Å². The highest BCUT2D eigenvalue weighted by molar-refractivity contribution is 5.83. The van der Waals surface area contributed by atoms with Crippen molar-refractivity contribution < 1.29 is 0 Å². The number of aromatic nitrogens is 2. The number of pyridine rings is 1. The van der Waals surface area contributed by atoms with E-state index in [-0.39, 0.29) is 0 Å². The first-order valence-corrected chi connectivity index (χ1v) is 7.05. The Morgan fingerprint density at radius 3 is 2.75 bits per heavy atom. The molecule has 1 aromatic carbocycles. The van der Waals surface area contributed by atoms with Crippen molar-refractivity contribution in [3.05, 3.63) is 66.1 Å². The van der Waals surface area contributed by atoms with Crippen molar-refractivity contribution in [3.8, 4) is 0 Å². The van der Waals surface area contributed by atoms with Crippen LogP contribution in [0.5, 0.6) is 0 Å². The zero-order valence-corrected chi connectivity index (χ0v) is 11.5. The van der Waals surface area contributed by atoms with E-state index >= 15 is 0 Å². The molecule has 3 rings (SSSR count). The van der Waals surface area contributed by atoms with E-state index in [1.807, 2.05) is 18.3 Å². The third-order valence-electron chi connectivity index (χ3n) is 3.62. The Kier molecular flexibility index (Phi) is 3.79. The van der Waals surface area contributed by atoms with Gasteiger partial charge in [-0.25, -0.2) is 0 Å². The largest absolute Gasteiger partial charge is 0.347 e. The fourth-order valence-electron chi connectivity index (χ4n) is 2.67. The Labute approximate surface area is 119 Å². The SMILES string of the molecule is NCCc1cccc2ccn(CCc3ccccn3)c12. The Hall–Kier alpha value is -2.13. The molecule has 2 N–H and O–H groups in total. The van der Waals surface area contributed by atoms with Crippen LogP contribution >= 0.6 is 0 Å². The lowest BCUT2D eigenvalue weighted by atomic mass is 10.1. The number of fused-ring (bicyclic) bond motifs is 1. The molecule has 2 aromatic heterocycles. The van der Waals surface area contributed by atoms with Crippen molar-refractivity contribution >= 4 is 10.9 Å². The summed E-state index contributed by atoms with van der Waals surface area (Å²) in [6, 6.07) is 14.7. The van der Waals surface area contributed by atoms with Crippen LogP contribution in [0.3, 0.4) is 0 Å². The van der Waals surface area contributed by atoms with Crippen LogP contribution in [-0.2, 0) is 19.4 Å². The highest BCUT2D eigenvalue weighted by atomic mass is 15.0. The van der Waals surface area contributed by atoms with Crippen molar-refractivity contribution in [3.63, 3.8) is 0 Å². The summed E-state index contributed by atoms with van der Waals surface area (Å²) in [6.07, 6.45) is 5.88. The molecule has 0 unspecified atom stereocenters. The summed E-state index contributed by atoms with van der Waals surface area (Å²) in [5.41, 5.74) is 9.49. The first-order valence-electron chi connectivity index (χ1n) is 7.05. The Morgan fingerprint density at radius 1 is 1.00 bits per heavy atom. The summed E-state index contributed by atoms with van der Waals surface area (Å²) in [5, 5.41) is 1.29. The highest BCUT2D eigenvalue weighted by Crippen LogP contribution is 2.21. The Morgan fingerprint density at radius 2 is 1.95 bits per heavy atom. The van der Waals surface area contributed by atoms with Gasteiger partial charge in [0.15, 0.2) is 0 Å². The van der Waals surface area contributed by atoms with E-state index in [4.69, 9.17) is 5.73 Å². The van der Waals surface area contributed by atoms with Crippen molar-refractivity contribution in [2.45, 2.75) is 19.4 Å². The Balaban J connectivity index is 1.88. The molecular formula is C17H19N3. The van der Waals surface area contributed by atoms with Crippen LogP contribution in [0, 0.1) is 0 Å². The number of aryl methyl sites for hydroxylation is 2. The molecule has 0 radical (unpaired) electrons. The molecule has 0 spiro atoms. The van der Waals surface area contributed by atoms with Gasteiger partial charge in [-0.2, -0.15) is 0 Å². The van der Waals surface area contributed by atoms with Gasteiger partial charge in [-0.05, 0) is 42.1 Å². The van der Waals surface area contributed by atoms with Gasteiger partial charge in [-0.1, -0.05) is 24.3 Å². The van der Waals surface area contributed by atoms with Crippen LogP contribution in [0.4, 0.5) is 0 Å². The lowest BCUT2D eigenvalue weighted by molar-refractivity contribution is 0.707. The first kappa shape index (κ1) is 12.9. The fourth-order valence-corrected chi connectivity index (χ4v) is 2.67. The summed E-state index contributed by atoms with van der Waals surface area (Å²) in [6.45, 7) is 1.63. The maximum Gasteiger partial charge on any atom is 0.0513 e. The molecule has 3 nitrogen and oxygen atoms in total. The molecule has 0 amide bonds. The minimum atomic E-state index is 0.685. The van der Waals surface area contributed by atoms with Gasteiger partial charge in [-0.15, -0.1) is 0 Å². The van der Waals surface area contributed by atoms with Crippen LogP contribution < -0.4 is 5.73 Å². The predicted octanol–water partition coefficient (Wildman–Crippen LogP) is 2.78. The maximum absolute atomic E-state index is 5.72. The van der Waals surface area contributed by atoms with Gasteiger partial charge in [0.25, 0.3) is 0 Å². The second-order valence-electron chi connectivity index (χ2n) is 4.97. The van der Waals surface area contributed by atoms with Crippen molar-refractivity contribution in [1.29, 1.82) is 0 Å². The van der Waals surface area contributed by atoms with Crippen molar-refractivity contribution in [1.82, 2.24) is 9.55 Å². The zero-order valence-electron chi connectivity index (χ0n) is 11.5. The number of nitrogens with zero attached hydrogens (tertiary/aromatic N) is 2. The molecule has 0 saturated heterocycles. The van der Waals surface area contributed by atoms with Gasteiger partial charge in [0.1, 0.15) is 0 Å². The minimum Gasteiger partial charge on any atom is -0.347 e. The van der Waals surface area contributed by atoms with Crippen LogP contribution in [0.1, 0.15) is 11.3 Å². The number of nitrogens with two attached hydrogens (primary N) is 1. The van der Waals surface area contributed by atoms with Gasteiger partial charge in [-0.3, -0.25) is 4.98 Å². The molecule has 3 heteroatoms. The standard InChI is InChI=1S/C17H19N3/c18-10-7-14-4-3-5-15-8-12-20(17(14)15)13-9-16-6-1-2-11-19-16/h1-6,8,11-12H,7,9-10,13,18H2. The third kappa shape index (κ3) is 2.58. The molecular weight excluding hydrogens is 246 g/mol. The second-order valence-corrected chi connectivity index (χ2v) is 4.97. The molecule has 0 bridgehead atoms. The van der Waals surface area contributed by atoms with Gasteiger partial charge < -0.3 is 10.3 Å². The van der Waals surface area contributed by atoms with Crippen LogP contribution in [0.2, 0.25) is 0 Å². The highest BCUT2D eigenvalue weighted by Gasteiger charge is 2.06. The van der Waals surface area contributed by atoms with E-state index in [1.165, 1.54) is 16.5 Å². The predicted molar refractivity (Wildman–Crippen MR) is 82.6 cm³/mol. The van der Waals surface area contributed by atoms with Crippen LogP contribution in [0.25, 0.3) is 10.9 Å². The lowest BCUT2D eigenvalue weighted by Crippen LogP contribution is -2.06. The number of benzene rings is 1. The quantitative estimate of drug-likeness (QED) is 0.771. The van der Waals surface area contributed by atoms with Crippen LogP contribution in [-0.4, -0.2) is 16.1 Å². The number of hydrogen-bond donors (Lipinski definition) is 1. The van der Waals surface area contributed by atoms with E-state index in [2.05, 4.69) is 46.1 Å². The average Bonchev–Trinajstić information content (AvgIpc) is 2.91. The van der Waals surface area contributed by atoms with Gasteiger partial charge >= 0.3 is 0 Å². The minimum absolute atomic E-state index is 0.685. The summed E-state index contributed by atoms with van der Waals surface area (Å²) < 4.78 is 2.31. The second kappa shape index (κ2) is 5.88. The zero-order chi connectivity index (χ0) is 13.8. The molecule has 0 atom stereocenters. The topological polar surface area (TPSA) is 43.8 Å². The van der Waals surface area contributed by atoms with E-state index in [9.17, 15) is 0 Å². The summed E-state index contributed by atoms with van der Waals surface area (Å²) >= 11 is 0. The van der Waals surface area contributed by atoms with E-state index in [1.54, 1.807) is 0 Å². The normalized spacial score (nSPS) is 11.1. The molecule has 0 fully saturated rings. The van der Waals surface area contributed by atoms with Crippen molar-refractivity contribution in [2.24, 2.45) is 5.73 Å². The number of para-hydroxylation sites is 1. The first-order chi connectivity index (χ1) is 9.88. The molecule has 0 aliphatic heterocycles. The molecule has 0 aliphatic carbocycles. The summed E-state index contributed by atoms with van der Waals surface area (Å²) in [7, 11) is 0. The third-order valence-corrected chi connectivity index (χ3v) is 3.62. The fraction of sp³-hybridized carbons (Fsp3) is 0.235. The van der Waals surface area contributed by atoms with E-state index in [0.29, 0.717) is 6.54 Å². The van der Waals surface area contributed by atoms with E-state index < -0.39 is 0 Å². The molecule has 3 aromatic rings. The average molecular weight is 265 g/mol. The Bertz CT molecular complexity index is 686. The lowest BCUT2D eigenvalue weighted by Gasteiger charge is -2.09. The van der Waals surface area contributed by atoms with Gasteiger partial charge in [0.2, 0.25) is 0 Å². The molecule has 2 heterocycles. The van der Waals surface area contributed by atoms with Crippen molar-refractivity contribution in [2.75, 3.05) is 6.54 Å². The van der Waals surface area contributed by atoms with Crippen LogP contribution in [0.15, 0.2) is 54.9 Å². The molecule has 0 aliphatic rings.